The molecule has 1 aliphatic rings. The van der Waals surface area contributed by atoms with Gasteiger partial charge in [0.15, 0.2) is 5.43 Å². The Hall–Kier alpha value is -2.66. The molecule has 29 heavy (non-hydrogen) atoms. The van der Waals surface area contributed by atoms with Gasteiger partial charge in [0, 0.05) is 11.6 Å². The minimum Gasteiger partial charge on any atom is -0.450 e. The van der Waals surface area contributed by atoms with Gasteiger partial charge in [-0.15, -0.1) is 0 Å². The molecular weight excluding hydrogens is 393 g/mol. The van der Waals surface area contributed by atoms with Crippen LogP contribution in [0.2, 0.25) is 5.02 Å². The number of rotatable bonds is 5. The molecule has 0 spiro atoms. The van der Waals surface area contributed by atoms with Crippen LogP contribution in [0.1, 0.15) is 59.5 Å². The highest BCUT2D eigenvalue weighted by Gasteiger charge is 2.42. The van der Waals surface area contributed by atoms with E-state index in [0.29, 0.717) is 33.7 Å². The van der Waals surface area contributed by atoms with Crippen molar-refractivity contribution in [1.82, 2.24) is 4.90 Å². The average molecular weight is 414 g/mol. The average Bonchev–Trinajstić information content (AvgIpc) is 2.97. The van der Waals surface area contributed by atoms with E-state index < -0.39 is 6.04 Å². The number of nitrogens with zero attached hydrogens (tertiary/aromatic N) is 1. The van der Waals surface area contributed by atoms with Gasteiger partial charge in [-0.25, -0.2) is 4.39 Å². The highest BCUT2D eigenvalue weighted by Crippen LogP contribution is 2.38. The summed E-state index contributed by atoms with van der Waals surface area (Å²) in [5, 5.41) is 0.807. The molecule has 1 atom stereocenters. The summed E-state index contributed by atoms with van der Waals surface area (Å²) in [7, 11) is 0. The van der Waals surface area contributed by atoms with E-state index in [4.69, 9.17) is 16.0 Å². The van der Waals surface area contributed by atoms with Crippen LogP contribution in [0.25, 0.3) is 11.0 Å². The predicted molar refractivity (Wildman–Crippen MR) is 111 cm³/mol. The Balaban J connectivity index is 1.93. The molecule has 0 radical (unpaired) electrons. The normalized spacial score (nSPS) is 15.9. The van der Waals surface area contributed by atoms with Crippen molar-refractivity contribution in [3.8, 4) is 0 Å². The molecule has 0 N–H and O–H groups in total. The molecule has 0 bridgehead atoms. The van der Waals surface area contributed by atoms with Crippen LogP contribution in [0.3, 0.4) is 0 Å². The van der Waals surface area contributed by atoms with Crippen molar-refractivity contribution in [2.45, 2.75) is 39.2 Å². The molecule has 150 valence electrons. The van der Waals surface area contributed by atoms with Crippen molar-refractivity contribution in [3.05, 3.63) is 79.9 Å². The fourth-order valence-electron chi connectivity index (χ4n) is 3.90. The van der Waals surface area contributed by atoms with Gasteiger partial charge in [0.25, 0.3) is 5.91 Å². The number of carbonyl (C=O) groups excluding carboxylic acids is 1. The molecule has 3 aromatic rings. The van der Waals surface area contributed by atoms with Gasteiger partial charge in [0.1, 0.15) is 11.4 Å². The summed E-state index contributed by atoms with van der Waals surface area (Å²) in [6.45, 7) is 4.39. The van der Waals surface area contributed by atoms with Crippen molar-refractivity contribution in [1.29, 1.82) is 0 Å². The molecule has 4 nitrogen and oxygen atoms in total. The van der Waals surface area contributed by atoms with Crippen LogP contribution in [0.15, 0.2) is 45.6 Å². The molecule has 4 rings (SSSR count). The number of hydrogen-bond donors (Lipinski definition) is 0. The van der Waals surface area contributed by atoms with Gasteiger partial charge in [-0.1, -0.05) is 43.5 Å². The quantitative estimate of drug-likeness (QED) is 0.509. The Kier molecular flexibility index (Phi) is 5.17. The second-order valence-corrected chi connectivity index (χ2v) is 7.84. The van der Waals surface area contributed by atoms with Crippen LogP contribution in [-0.4, -0.2) is 17.4 Å². The highest BCUT2D eigenvalue weighted by molar-refractivity contribution is 6.32. The third-order valence-electron chi connectivity index (χ3n) is 5.44. The van der Waals surface area contributed by atoms with Gasteiger partial charge in [0.2, 0.25) is 5.76 Å². The molecular formula is C23H21ClFNO3. The van der Waals surface area contributed by atoms with E-state index in [2.05, 4.69) is 6.92 Å². The van der Waals surface area contributed by atoms with E-state index in [1.54, 1.807) is 29.2 Å². The number of aryl methyl sites for hydroxylation is 1. The van der Waals surface area contributed by atoms with Crippen LogP contribution in [0, 0.1) is 12.7 Å². The molecule has 0 aliphatic carbocycles. The number of amides is 1. The largest absolute Gasteiger partial charge is 0.450 e. The fraction of sp³-hybridized carbons (Fsp3) is 0.304. The summed E-state index contributed by atoms with van der Waals surface area (Å²) in [4.78, 5) is 28.2. The molecule has 1 unspecified atom stereocenters. The Labute approximate surface area is 172 Å². The molecule has 0 fully saturated rings. The van der Waals surface area contributed by atoms with Crippen LogP contribution in [-0.2, 0) is 0 Å². The van der Waals surface area contributed by atoms with Crippen molar-refractivity contribution >= 4 is 28.5 Å². The van der Waals surface area contributed by atoms with Gasteiger partial charge in [-0.05, 0) is 48.7 Å². The summed E-state index contributed by atoms with van der Waals surface area (Å²) >= 11 is 6.22. The number of fused-ring (bicyclic) bond motifs is 2. The Morgan fingerprint density at radius 1 is 1.14 bits per heavy atom. The monoisotopic (exact) mass is 413 g/mol. The Bertz CT molecular complexity index is 1150. The van der Waals surface area contributed by atoms with Crippen molar-refractivity contribution in [3.63, 3.8) is 0 Å². The zero-order chi connectivity index (χ0) is 20.7. The lowest BCUT2D eigenvalue weighted by Crippen LogP contribution is -2.30. The summed E-state index contributed by atoms with van der Waals surface area (Å²) in [6.07, 6.45) is 2.79. The van der Waals surface area contributed by atoms with E-state index in [-0.39, 0.29) is 22.9 Å². The van der Waals surface area contributed by atoms with Crippen LogP contribution in [0.5, 0.6) is 0 Å². The van der Waals surface area contributed by atoms with Crippen LogP contribution in [0.4, 0.5) is 4.39 Å². The Morgan fingerprint density at radius 2 is 1.86 bits per heavy atom. The zero-order valence-electron chi connectivity index (χ0n) is 16.3. The third-order valence-corrected chi connectivity index (χ3v) is 5.84. The maximum absolute atomic E-state index is 13.5. The minimum absolute atomic E-state index is 0.0649. The van der Waals surface area contributed by atoms with Gasteiger partial charge in [0.05, 0.1) is 17.0 Å². The first-order chi connectivity index (χ1) is 13.9. The molecule has 2 heterocycles. The van der Waals surface area contributed by atoms with Gasteiger partial charge in [-0.2, -0.15) is 0 Å². The summed E-state index contributed by atoms with van der Waals surface area (Å²) in [6, 6.07) is 8.57. The van der Waals surface area contributed by atoms with Crippen molar-refractivity contribution in [2.24, 2.45) is 0 Å². The van der Waals surface area contributed by atoms with E-state index in [1.807, 2.05) is 6.92 Å². The van der Waals surface area contributed by atoms with Gasteiger partial charge >= 0.3 is 0 Å². The first-order valence-electron chi connectivity index (χ1n) is 9.75. The zero-order valence-corrected chi connectivity index (χ0v) is 17.1. The number of halogens is 2. The number of unbranched alkanes of at least 4 members (excludes halogenated alkanes) is 2. The van der Waals surface area contributed by atoms with Gasteiger partial charge < -0.3 is 9.32 Å². The van der Waals surface area contributed by atoms with E-state index in [1.165, 1.54) is 12.1 Å². The summed E-state index contributed by atoms with van der Waals surface area (Å²) in [5.41, 5.74) is 1.81. The molecule has 6 heteroatoms. The van der Waals surface area contributed by atoms with Crippen LogP contribution >= 0.6 is 11.6 Å². The second kappa shape index (κ2) is 7.64. The van der Waals surface area contributed by atoms with Crippen LogP contribution < -0.4 is 5.43 Å². The fourth-order valence-corrected chi connectivity index (χ4v) is 4.06. The molecule has 1 aliphatic heterocycles. The maximum Gasteiger partial charge on any atom is 0.290 e. The molecule has 1 aromatic heterocycles. The number of benzene rings is 2. The second-order valence-electron chi connectivity index (χ2n) is 7.43. The van der Waals surface area contributed by atoms with E-state index in [0.717, 1.165) is 24.8 Å². The topological polar surface area (TPSA) is 50.5 Å². The SMILES string of the molecule is CCCCCN1C(=O)c2oc3cc(C)c(Cl)cc3c(=O)c2C1c1ccc(F)cc1. The standard InChI is InChI=1S/C23H21ClFNO3/c1-3-4-5-10-26-20(14-6-8-15(25)9-7-14)19-21(27)16-12-17(24)13(2)11-18(16)29-22(19)23(26)28/h6-9,11-12,20H,3-5,10H2,1-2H3. The highest BCUT2D eigenvalue weighted by atomic mass is 35.5. The maximum atomic E-state index is 13.5. The lowest BCUT2D eigenvalue weighted by molar-refractivity contribution is 0.0724. The first-order valence-corrected chi connectivity index (χ1v) is 10.1. The first kappa shape index (κ1) is 19.6. The minimum atomic E-state index is -0.601. The molecule has 1 amide bonds. The number of carbonyl (C=O) groups is 1. The smallest absolute Gasteiger partial charge is 0.290 e. The number of hydrogen-bond acceptors (Lipinski definition) is 3. The molecule has 0 saturated heterocycles. The summed E-state index contributed by atoms with van der Waals surface area (Å²) in [5.74, 6) is -0.615. The van der Waals surface area contributed by atoms with Crippen molar-refractivity contribution < 1.29 is 13.6 Å². The summed E-state index contributed by atoms with van der Waals surface area (Å²) < 4.78 is 19.4. The predicted octanol–water partition coefficient (Wildman–Crippen LogP) is 5.63. The molecule has 2 aromatic carbocycles. The van der Waals surface area contributed by atoms with Crippen molar-refractivity contribution in [2.75, 3.05) is 6.54 Å². The Morgan fingerprint density at radius 3 is 2.55 bits per heavy atom. The van der Waals surface area contributed by atoms with Gasteiger partial charge in [-0.3, -0.25) is 9.59 Å². The lowest BCUT2D eigenvalue weighted by atomic mass is 9.98. The van der Waals surface area contributed by atoms with E-state index >= 15 is 0 Å². The van der Waals surface area contributed by atoms with E-state index in [9.17, 15) is 14.0 Å². The molecule has 0 saturated carbocycles. The lowest BCUT2D eigenvalue weighted by Gasteiger charge is -2.25. The third kappa shape index (κ3) is 3.33.